The van der Waals surface area contributed by atoms with Gasteiger partial charge in [0.25, 0.3) is 10.0 Å². The van der Waals surface area contributed by atoms with Crippen LogP contribution in [0.3, 0.4) is 0 Å². The number of hydrogen-bond donors (Lipinski definition) is 0. The van der Waals surface area contributed by atoms with Crippen molar-refractivity contribution in [2.45, 2.75) is 4.90 Å². The van der Waals surface area contributed by atoms with Gasteiger partial charge in [-0.2, -0.15) is 0 Å². The molecule has 0 unspecified atom stereocenters. The number of methoxy groups -OCH3 is 1. The number of rotatable bonds is 4. The first kappa shape index (κ1) is 17.5. The number of halogens is 1. The second-order valence-electron chi connectivity index (χ2n) is 5.73. The summed E-state index contributed by atoms with van der Waals surface area (Å²) in [5.41, 5.74) is 1.55. The maximum Gasteiger partial charge on any atom is 0.268 e. The van der Waals surface area contributed by atoms with Crippen LogP contribution in [0.15, 0.2) is 71.9 Å². The van der Waals surface area contributed by atoms with E-state index in [9.17, 15) is 8.42 Å². The van der Waals surface area contributed by atoms with Crippen molar-refractivity contribution in [3.8, 4) is 17.0 Å². The van der Waals surface area contributed by atoms with E-state index in [1.165, 1.54) is 23.5 Å². The molecule has 2 aromatic carbocycles. The van der Waals surface area contributed by atoms with Crippen molar-refractivity contribution in [1.82, 2.24) is 13.9 Å². The minimum atomic E-state index is -3.78. The fourth-order valence-electron chi connectivity index (χ4n) is 2.94. The zero-order chi connectivity index (χ0) is 19.0. The van der Waals surface area contributed by atoms with Gasteiger partial charge in [-0.25, -0.2) is 22.4 Å². The number of para-hydroxylation sites is 1. The summed E-state index contributed by atoms with van der Waals surface area (Å²) in [6.45, 7) is 0. The van der Waals surface area contributed by atoms with Crippen molar-refractivity contribution < 1.29 is 13.2 Å². The largest absolute Gasteiger partial charge is 0.493 e. The van der Waals surface area contributed by atoms with Crippen LogP contribution >= 0.6 is 11.6 Å². The molecule has 0 aliphatic rings. The highest BCUT2D eigenvalue weighted by molar-refractivity contribution is 7.90. The van der Waals surface area contributed by atoms with Crippen molar-refractivity contribution >= 4 is 32.5 Å². The fraction of sp³-hybridized carbons (Fsp3) is 0.0526. The lowest BCUT2D eigenvalue weighted by atomic mass is 10.1. The third-order valence-corrected chi connectivity index (χ3v) is 6.05. The highest BCUT2D eigenvalue weighted by Gasteiger charge is 2.23. The minimum absolute atomic E-state index is 0.0496. The van der Waals surface area contributed by atoms with Crippen LogP contribution < -0.4 is 4.74 Å². The Morgan fingerprint density at radius 3 is 2.48 bits per heavy atom. The first-order chi connectivity index (χ1) is 13.0. The first-order valence-electron chi connectivity index (χ1n) is 8.00. The van der Waals surface area contributed by atoms with Crippen LogP contribution in [0.4, 0.5) is 0 Å². The van der Waals surface area contributed by atoms with Crippen molar-refractivity contribution in [2.75, 3.05) is 7.11 Å². The quantitative estimate of drug-likeness (QED) is 0.485. The molecule has 6 nitrogen and oxygen atoms in total. The smallest absolute Gasteiger partial charge is 0.268 e. The molecule has 0 spiro atoms. The topological polar surface area (TPSA) is 74.1 Å². The Bertz CT molecular complexity index is 1240. The van der Waals surface area contributed by atoms with Crippen molar-refractivity contribution in [2.24, 2.45) is 0 Å². The summed E-state index contributed by atoms with van der Waals surface area (Å²) in [7, 11) is -2.29. The van der Waals surface area contributed by atoms with Gasteiger partial charge in [0.15, 0.2) is 5.75 Å². The first-order valence-corrected chi connectivity index (χ1v) is 9.82. The van der Waals surface area contributed by atoms with Crippen LogP contribution in [-0.2, 0) is 10.0 Å². The Morgan fingerprint density at radius 2 is 1.74 bits per heavy atom. The molecule has 0 aliphatic heterocycles. The predicted octanol–water partition coefficient (Wildman–Crippen LogP) is 4.00. The van der Waals surface area contributed by atoms with Crippen molar-refractivity contribution in [3.63, 3.8) is 0 Å². The van der Waals surface area contributed by atoms with E-state index in [4.69, 9.17) is 16.3 Å². The van der Waals surface area contributed by atoms with E-state index in [2.05, 4.69) is 9.97 Å². The van der Waals surface area contributed by atoms with Gasteiger partial charge in [0.1, 0.15) is 5.69 Å². The second-order valence-corrected chi connectivity index (χ2v) is 7.88. The van der Waals surface area contributed by atoms with Crippen LogP contribution in [0.5, 0.6) is 5.75 Å². The van der Waals surface area contributed by atoms with Gasteiger partial charge < -0.3 is 4.74 Å². The number of fused-ring (bicyclic) bond motifs is 1. The summed E-state index contributed by atoms with van der Waals surface area (Å²) in [6, 6.07) is 15.5. The van der Waals surface area contributed by atoms with Gasteiger partial charge in [-0.3, -0.25) is 0 Å². The van der Waals surface area contributed by atoms with Crippen LogP contribution in [-0.4, -0.2) is 29.5 Å². The normalized spacial score (nSPS) is 11.6. The molecule has 0 saturated carbocycles. The van der Waals surface area contributed by atoms with E-state index in [0.717, 1.165) is 0 Å². The van der Waals surface area contributed by atoms with E-state index in [1.807, 2.05) is 12.1 Å². The Kier molecular flexibility index (Phi) is 4.33. The third kappa shape index (κ3) is 2.94. The lowest BCUT2D eigenvalue weighted by Gasteiger charge is -2.07. The van der Waals surface area contributed by atoms with E-state index in [1.54, 1.807) is 42.5 Å². The highest BCUT2D eigenvalue weighted by Crippen LogP contribution is 2.36. The van der Waals surface area contributed by atoms with E-state index in [0.29, 0.717) is 27.9 Å². The second kappa shape index (κ2) is 6.68. The minimum Gasteiger partial charge on any atom is -0.493 e. The summed E-state index contributed by atoms with van der Waals surface area (Å²) < 4.78 is 33.0. The number of benzene rings is 2. The molecule has 136 valence electrons. The molecule has 0 aliphatic carbocycles. The van der Waals surface area contributed by atoms with Crippen LogP contribution in [0.2, 0.25) is 5.28 Å². The van der Waals surface area contributed by atoms with Gasteiger partial charge >= 0.3 is 0 Å². The molecule has 4 aromatic rings. The summed E-state index contributed by atoms with van der Waals surface area (Å²) >= 11 is 5.96. The number of nitrogens with zero attached hydrogens (tertiary/aromatic N) is 3. The SMILES string of the molecule is COc1cnc(Cl)nc1-c1cn(S(=O)(=O)c2ccccc2)c2ccccc12. The highest BCUT2D eigenvalue weighted by atomic mass is 35.5. The average molecular weight is 400 g/mol. The number of aromatic nitrogens is 3. The Hall–Kier alpha value is -2.90. The molecule has 8 heteroatoms. The molecule has 0 N–H and O–H groups in total. The van der Waals surface area contributed by atoms with Gasteiger partial charge in [-0.05, 0) is 29.8 Å². The van der Waals surface area contributed by atoms with Gasteiger partial charge in [0.05, 0.1) is 23.7 Å². The molecule has 2 aromatic heterocycles. The number of ether oxygens (including phenoxy) is 1. The van der Waals surface area contributed by atoms with Crippen LogP contribution in [0, 0.1) is 0 Å². The zero-order valence-electron chi connectivity index (χ0n) is 14.2. The molecular weight excluding hydrogens is 386 g/mol. The van der Waals surface area contributed by atoms with E-state index in [-0.39, 0.29) is 10.2 Å². The molecule has 0 atom stereocenters. The van der Waals surface area contributed by atoms with Gasteiger partial charge in [-0.1, -0.05) is 36.4 Å². The Balaban J connectivity index is 2.03. The van der Waals surface area contributed by atoms with Crippen molar-refractivity contribution in [1.29, 1.82) is 0 Å². The number of hydrogen-bond acceptors (Lipinski definition) is 5. The van der Waals surface area contributed by atoms with E-state index >= 15 is 0 Å². The van der Waals surface area contributed by atoms with E-state index < -0.39 is 10.0 Å². The summed E-state index contributed by atoms with van der Waals surface area (Å²) in [6.07, 6.45) is 3.00. The molecule has 0 saturated heterocycles. The van der Waals surface area contributed by atoms with Crippen LogP contribution in [0.1, 0.15) is 0 Å². The maximum atomic E-state index is 13.2. The summed E-state index contributed by atoms with van der Waals surface area (Å²) in [5.74, 6) is 0.402. The van der Waals surface area contributed by atoms with Gasteiger partial charge in [0, 0.05) is 17.1 Å². The van der Waals surface area contributed by atoms with Crippen LogP contribution in [0.25, 0.3) is 22.2 Å². The maximum absolute atomic E-state index is 13.2. The monoisotopic (exact) mass is 399 g/mol. The Morgan fingerprint density at radius 1 is 1.04 bits per heavy atom. The molecule has 4 rings (SSSR count). The lowest BCUT2D eigenvalue weighted by molar-refractivity contribution is 0.412. The zero-order valence-corrected chi connectivity index (χ0v) is 15.8. The summed E-state index contributed by atoms with van der Waals surface area (Å²) in [4.78, 5) is 8.38. The standard InChI is InChI=1S/C19H14ClN3O3S/c1-26-17-11-21-19(20)22-18(17)15-12-23(16-10-6-5-9-14(15)16)27(24,25)13-7-3-2-4-8-13/h2-12H,1H3. The Labute approximate surface area is 161 Å². The van der Waals surface area contributed by atoms with Gasteiger partial charge in [-0.15, -0.1) is 0 Å². The van der Waals surface area contributed by atoms with Gasteiger partial charge in [0.2, 0.25) is 5.28 Å². The fourth-order valence-corrected chi connectivity index (χ4v) is 4.46. The molecule has 2 heterocycles. The molecule has 27 heavy (non-hydrogen) atoms. The molecular formula is C19H14ClN3O3S. The predicted molar refractivity (Wildman–Crippen MR) is 104 cm³/mol. The van der Waals surface area contributed by atoms with Crippen molar-refractivity contribution in [3.05, 3.63) is 72.3 Å². The molecule has 0 bridgehead atoms. The third-order valence-electron chi connectivity index (χ3n) is 4.18. The average Bonchev–Trinajstić information content (AvgIpc) is 3.09. The molecule has 0 radical (unpaired) electrons. The lowest BCUT2D eigenvalue weighted by Crippen LogP contribution is -2.11. The molecule has 0 amide bonds. The molecule has 0 fully saturated rings. The summed E-state index contributed by atoms with van der Waals surface area (Å²) in [5, 5.41) is 0.763.